The van der Waals surface area contributed by atoms with Crippen molar-refractivity contribution >= 4 is 0 Å². The smallest absolute Gasteiger partial charge is 0.0597 e. The first kappa shape index (κ1) is 12.8. The molecule has 0 spiro atoms. The van der Waals surface area contributed by atoms with Gasteiger partial charge in [-0.2, -0.15) is 0 Å². The third-order valence-electron chi connectivity index (χ3n) is 2.17. The third-order valence-corrected chi connectivity index (χ3v) is 2.17. The molecule has 0 bridgehead atoms. The van der Waals surface area contributed by atoms with Gasteiger partial charge >= 0.3 is 0 Å². The molecule has 4 nitrogen and oxygen atoms in total. The molecule has 0 saturated heterocycles. The highest BCUT2D eigenvalue weighted by molar-refractivity contribution is 4.68. The molecule has 0 amide bonds. The Hall–Kier alpha value is -0.160. The predicted octanol–water partition coefficient (Wildman–Crippen LogP) is -0.465. The average Bonchev–Trinajstić information content (AvgIpc) is 2.19. The maximum Gasteiger partial charge on any atom is 0.0597 e. The molecule has 0 aromatic carbocycles. The van der Waals surface area contributed by atoms with Crippen LogP contribution in [0.1, 0.15) is 6.92 Å². The van der Waals surface area contributed by atoms with Crippen molar-refractivity contribution in [2.24, 2.45) is 0 Å². The van der Waals surface area contributed by atoms with Crippen molar-refractivity contribution in [3.63, 3.8) is 0 Å². The SMILES string of the molecule is CCN(CCOC)CC(CO)NC. The Morgan fingerprint density at radius 2 is 2.23 bits per heavy atom. The van der Waals surface area contributed by atoms with Gasteiger partial charge in [0.25, 0.3) is 0 Å². The van der Waals surface area contributed by atoms with Gasteiger partial charge in [0.1, 0.15) is 0 Å². The van der Waals surface area contributed by atoms with Crippen LogP contribution in [0.15, 0.2) is 0 Å². The van der Waals surface area contributed by atoms with Crippen LogP contribution in [0.25, 0.3) is 0 Å². The van der Waals surface area contributed by atoms with Gasteiger partial charge in [-0.3, -0.25) is 4.90 Å². The monoisotopic (exact) mass is 190 g/mol. The average molecular weight is 190 g/mol. The van der Waals surface area contributed by atoms with Gasteiger partial charge in [-0.05, 0) is 13.6 Å². The zero-order valence-electron chi connectivity index (χ0n) is 8.92. The van der Waals surface area contributed by atoms with Crippen molar-refractivity contribution in [3.05, 3.63) is 0 Å². The summed E-state index contributed by atoms with van der Waals surface area (Å²) >= 11 is 0. The maximum absolute atomic E-state index is 8.98. The summed E-state index contributed by atoms with van der Waals surface area (Å²) in [5.74, 6) is 0. The molecular weight excluding hydrogens is 168 g/mol. The number of aliphatic hydroxyl groups excluding tert-OH is 1. The van der Waals surface area contributed by atoms with E-state index in [-0.39, 0.29) is 12.6 Å². The van der Waals surface area contributed by atoms with E-state index in [1.165, 1.54) is 0 Å². The van der Waals surface area contributed by atoms with Gasteiger partial charge in [0.15, 0.2) is 0 Å². The second-order valence-corrected chi connectivity index (χ2v) is 3.05. The normalized spacial score (nSPS) is 13.6. The molecule has 1 atom stereocenters. The fraction of sp³-hybridized carbons (Fsp3) is 1.00. The first-order valence-corrected chi connectivity index (χ1v) is 4.77. The highest BCUT2D eigenvalue weighted by Crippen LogP contribution is 1.91. The van der Waals surface area contributed by atoms with E-state index in [1.54, 1.807) is 7.11 Å². The zero-order valence-corrected chi connectivity index (χ0v) is 8.92. The van der Waals surface area contributed by atoms with Crippen LogP contribution in [0.5, 0.6) is 0 Å². The van der Waals surface area contributed by atoms with E-state index in [9.17, 15) is 0 Å². The van der Waals surface area contributed by atoms with Gasteiger partial charge < -0.3 is 15.2 Å². The van der Waals surface area contributed by atoms with Gasteiger partial charge in [-0.1, -0.05) is 6.92 Å². The first-order chi connectivity index (χ1) is 6.28. The Balaban J connectivity index is 3.67. The lowest BCUT2D eigenvalue weighted by atomic mass is 10.3. The molecule has 0 radical (unpaired) electrons. The van der Waals surface area contributed by atoms with Crippen LogP contribution < -0.4 is 5.32 Å². The van der Waals surface area contributed by atoms with Crippen LogP contribution in [0, 0.1) is 0 Å². The Morgan fingerprint density at radius 3 is 2.62 bits per heavy atom. The second-order valence-electron chi connectivity index (χ2n) is 3.05. The molecule has 2 N–H and O–H groups in total. The number of aliphatic hydroxyl groups is 1. The highest BCUT2D eigenvalue weighted by Gasteiger charge is 2.09. The largest absolute Gasteiger partial charge is 0.395 e. The van der Waals surface area contributed by atoms with Crippen LogP contribution in [0.4, 0.5) is 0 Å². The molecule has 1 unspecified atom stereocenters. The zero-order chi connectivity index (χ0) is 10.1. The summed E-state index contributed by atoms with van der Waals surface area (Å²) < 4.78 is 5.00. The number of rotatable bonds is 8. The number of likely N-dealkylation sites (N-methyl/N-ethyl adjacent to an activating group) is 2. The van der Waals surface area contributed by atoms with Crippen molar-refractivity contribution < 1.29 is 9.84 Å². The van der Waals surface area contributed by atoms with E-state index in [1.807, 2.05) is 7.05 Å². The summed E-state index contributed by atoms with van der Waals surface area (Å²) in [6.07, 6.45) is 0. The molecule has 0 aliphatic heterocycles. The lowest BCUT2D eigenvalue weighted by Gasteiger charge is -2.24. The van der Waals surface area contributed by atoms with Gasteiger partial charge in [0.2, 0.25) is 0 Å². The van der Waals surface area contributed by atoms with Gasteiger partial charge in [0, 0.05) is 26.2 Å². The Morgan fingerprint density at radius 1 is 1.54 bits per heavy atom. The Labute approximate surface area is 80.9 Å². The van der Waals surface area contributed by atoms with Crippen LogP contribution in [-0.2, 0) is 4.74 Å². The second kappa shape index (κ2) is 8.44. The van der Waals surface area contributed by atoms with E-state index in [4.69, 9.17) is 9.84 Å². The van der Waals surface area contributed by atoms with Crippen molar-refractivity contribution in [2.75, 3.05) is 47.0 Å². The summed E-state index contributed by atoms with van der Waals surface area (Å²) in [5.41, 5.74) is 0. The summed E-state index contributed by atoms with van der Waals surface area (Å²) in [6, 6.07) is 0.164. The quantitative estimate of drug-likeness (QED) is 0.543. The van der Waals surface area contributed by atoms with Crippen molar-refractivity contribution in [2.45, 2.75) is 13.0 Å². The fourth-order valence-electron chi connectivity index (χ4n) is 1.15. The molecule has 13 heavy (non-hydrogen) atoms. The summed E-state index contributed by atoms with van der Waals surface area (Å²) in [6.45, 7) is 5.81. The number of hydrogen-bond acceptors (Lipinski definition) is 4. The van der Waals surface area contributed by atoms with E-state index < -0.39 is 0 Å². The molecule has 0 aliphatic rings. The Kier molecular flexibility index (Phi) is 8.33. The molecule has 0 fully saturated rings. The van der Waals surface area contributed by atoms with Crippen molar-refractivity contribution in [1.29, 1.82) is 0 Å². The highest BCUT2D eigenvalue weighted by atomic mass is 16.5. The minimum atomic E-state index is 0.164. The predicted molar refractivity (Wildman–Crippen MR) is 53.9 cm³/mol. The molecule has 0 aromatic rings. The molecule has 80 valence electrons. The van der Waals surface area contributed by atoms with Crippen LogP contribution in [0.3, 0.4) is 0 Å². The van der Waals surface area contributed by atoms with Crippen molar-refractivity contribution in [3.8, 4) is 0 Å². The summed E-state index contributed by atoms with van der Waals surface area (Å²) in [5, 5.41) is 12.0. The topological polar surface area (TPSA) is 44.7 Å². The summed E-state index contributed by atoms with van der Waals surface area (Å²) in [7, 11) is 3.57. The number of hydrogen-bond donors (Lipinski definition) is 2. The molecule has 0 rings (SSSR count). The number of ether oxygens (including phenoxy) is 1. The Bertz CT molecular complexity index is 108. The van der Waals surface area contributed by atoms with Crippen molar-refractivity contribution in [1.82, 2.24) is 10.2 Å². The lowest BCUT2D eigenvalue weighted by molar-refractivity contribution is 0.133. The number of nitrogens with zero attached hydrogens (tertiary/aromatic N) is 1. The van der Waals surface area contributed by atoms with Crippen LogP contribution in [0.2, 0.25) is 0 Å². The number of methoxy groups -OCH3 is 1. The van der Waals surface area contributed by atoms with Gasteiger partial charge in [-0.25, -0.2) is 0 Å². The standard InChI is InChI=1S/C9H22N2O2/c1-4-11(5-6-13-3)7-9(8-12)10-2/h9-10,12H,4-8H2,1-3H3. The minimum absolute atomic E-state index is 0.164. The van der Waals surface area contributed by atoms with E-state index >= 15 is 0 Å². The van der Waals surface area contributed by atoms with E-state index in [0.717, 1.165) is 26.2 Å². The molecule has 0 heterocycles. The molecule has 0 saturated carbocycles. The maximum atomic E-state index is 8.98. The molecular formula is C9H22N2O2. The van der Waals surface area contributed by atoms with E-state index in [0.29, 0.717) is 0 Å². The fourth-order valence-corrected chi connectivity index (χ4v) is 1.15. The minimum Gasteiger partial charge on any atom is -0.395 e. The van der Waals surface area contributed by atoms with Crippen LogP contribution in [-0.4, -0.2) is 63.1 Å². The third kappa shape index (κ3) is 5.99. The molecule has 0 aromatic heterocycles. The van der Waals surface area contributed by atoms with Gasteiger partial charge in [0.05, 0.1) is 13.2 Å². The number of nitrogens with one attached hydrogen (secondary N) is 1. The van der Waals surface area contributed by atoms with Crippen LogP contribution >= 0.6 is 0 Å². The first-order valence-electron chi connectivity index (χ1n) is 4.77. The molecule has 0 aliphatic carbocycles. The van der Waals surface area contributed by atoms with Gasteiger partial charge in [-0.15, -0.1) is 0 Å². The lowest BCUT2D eigenvalue weighted by Crippen LogP contribution is -2.42. The summed E-state index contributed by atoms with van der Waals surface area (Å²) in [4.78, 5) is 2.25. The van der Waals surface area contributed by atoms with E-state index in [2.05, 4.69) is 17.1 Å². The molecule has 4 heteroatoms.